The van der Waals surface area contributed by atoms with Crippen LogP contribution in [0.25, 0.3) is 0 Å². The second-order valence-corrected chi connectivity index (χ2v) is 6.54. The van der Waals surface area contributed by atoms with E-state index in [0.717, 1.165) is 38.3 Å². The SMILES string of the molecule is CC(C)=NCCNC(C)(C)CC(C)=NCCNC(C)C. The summed E-state index contributed by atoms with van der Waals surface area (Å²) in [6.07, 6.45) is 0.976. The molecule has 2 N–H and O–H groups in total. The lowest BCUT2D eigenvalue weighted by molar-refractivity contribution is 0.407. The smallest absolute Gasteiger partial charge is 0.0513 e. The van der Waals surface area contributed by atoms with Crippen molar-refractivity contribution in [1.82, 2.24) is 10.6 Å². The van der Waals surface area contributed by atoms with Crippen LogP contribution in [-0.2, 0) is 0 Å². The van der Waals surface area contributed by atoms with E-state index in [4.69, 9.17) is 0 Å². The summed E-state index contributed by atoms with van der Waals surface area (Å²) in [5.74, 6) is 0. The quantitative estimate of drug-likeness (QED) is 0.478. The van der Waals surface area contributed by atoms with Gasteiger partial charge in [-0.1, -0.05) is 13.8 Å². The number of hydrogen-bond acceptors (Lipinski definition) is 4. The van der Waals surface area contributed by atoms with E-state index in [1.807, 2.05) is 13.8 Å². The van der Waals surface area contributed by atoms with Gasteiger partial charge in [-0.15, -0.1) is 0 Å². The van der Waals surface area contributed by atoms with Crippen molar-refractivity contribution in [3.63, 3.8) is 0 Å². The number of hydrogen-bond donors (Lipinski definition) is 2. The van der Waals surface area contributed by atoms with Crippen molar-refractivity contribution in [2.75, 3.05) is 26.2 Å². The molecule has 118 valence electrons. The molecular weight excluding hydrogens is 248 g/mol. The lowest BCUT2D eigenvalue weighted by Crippen LogP contribution is -2.42. The van der Waals surface area contributed by atoms with E-state index in [9.17, 15) is 0 Å². The number of nitrogens with one attached hydrogen (secondary N) is 2. The van der Waals surface area contributed by atoms with Gasteiger partial charge in [0.05, 0.1) is 13.1 Å². The summed E-state index contributed by atoms with van der Waals surface area (Å²) in [4.78, 5) is 9.02. The molecule has 0 aliphatic heterocycles. The molecule has 0 aliphatic carbocycles. The molecule has 0 saturated carbocycles. The maximum atomic E-state index is 4.62. The summed E-state index contributed by atoms with van der Waals surface area (Å²) >= 11 is 0. The van der Waals surface area contributed by atoms with Crippen LogP contribution >= 0.6 is 0 Å². The van der Waals surface area contributed by atoms with Crippen LogP contribution in [0.4, 0.5) is 0 Å². The first-order chi connectivity index (χ1) is 9.23. The molecule has 0 atom stereocenters. The minimum Gasteiger partial charge on any atom is -0.313 e. The van der Waals surface area contributed by atoms with Crippen molar-refractivity contribution >= 4 is 11.4 Å². The van der Waals surface area contributed by atoms with E-state index < -0.39 is 0 Å². The van der Waals surface area contributed by atoms with Gasteiger partial charge in [-0.3, -0.25) is 9.98 Å². The summed E-state index contributed by atoms with van der Waals surface area (Å²) in [5.41, 5.74) is 2.43. The number of nitrogens with zero attached hydrogens (tertiary/aromatic N) is 2. The average molecular weight is 282 g/mol. The zero-order valence-corrected chi connectivity index (χ0v) is 14.5. The van der Waals surface area contributed by atoms with Crippen LogP contribution in [0, 0.1) is 0 Å². The van der Waals surface area contributed by atoms with Gasteiger partial charge in [-0.25, -0.2) is 0 Å². The topological polar surface area (TPSA) is 48.8 Å². The fourth-order valence-corrected chi connectivity index (χ4v) is 2.03. The van der Waals surface area contributed by atoms with Crippen LogP contribution in [0.15, 0.2) is 9.98 Å². The molecule has 0 unspecified atom stereocenters. The average Bonchev–Trinajstić information content (AvgIpc) is 2.29. The summed E-state index contributed by atoms with van der Waals surface area (Å²) in [6, 6.07) is 0.534. The third-order valence-corrected chi connectivity index (χ3v) is 2.89. The predicted octanol–water partition coefficient (Wildman–Crippen LogP) is 2.68. The number of rotatable bonds is 10. The third kappa shape index (κ3) is 12.3. The molecule has 0 rings (SSSR count). The third-order valence-electron chi connectivity index (χ3n) is 2.89. The molecule has 0 amide bonds. The standard InChI is InChI=1S/C16H34N4/c1-13(2)17-8-9-19-15(5)12-16(6,7)20-11-10-18-14(3)4/h13,17,20H,8-12H2,1-7H3. The number of aliphatic imine (C=N–C) groups is 2. The van der Waals surface area contributed by atoms with Gasteiger partial charge in [0.2, 0.25) is 0 Å². The van der Waals surface area contributed by atoms with Crippen molar-refractivity contribution in [2.24, 2.45) is 9.98 Å². The largest absolute Gasteiger partial charge is 0.313 e. The first kappa shape index (κ1) is 19.3. The van der Waals surface area contributed by atoms with Crippen molar-refractivity contribution in [3.8, 4) is 0 Å². The van der Waals surface area contributed by atoms with E-state index in [0.29, 0.717) is 6.04 Å². The van der Waals surface area contributed by atoms with Gasteiger partial charge in [0.25, 0.3) is 0 Å². The Balaban J connectivity index is 3.98. The molecule has 0 aromatic rings. The van der Waals surface area contributed by atoms with Gasteiger partial charge >= 0.3 is 0 Å². The second kappa shape index (κ2) is 10.1. The molecule has 0 spiro atoms. The maximum absolute atomic E-state index is 4.62. The molecule has 0 aromatic carbocycles. The molecule has 0 heterocycles. The monoisotopic (exact) mass is 282 g/mol. The van der Waals surface area contributed by atoms with Gasteiger partial charge in [0, 0.05) is 42.5 Å². The highest BCUT2D eigenvalue weighted by molar-refractivity contribution is 5.83. The van der Waals surface area contributed by atoms with Crippen LogP contribution in [0.3, 0.4) is 0 Å². The molecule has 0 aromatic heterocycles. The summed E-state index contributed by atoms with van der Waals surface area (Å²) in [7, 11) is 0. The van der Waals surface area contributed by atoms with E-state index in [-0.39, 0.29) is 5.54 Å². The van der Waals surface area contributed by atoms with Crippen LogP contribution in [0.2, 0.25) is 0 Å². The zero-order chi connectivity index (χ0) is 15.6. The highest BCUT2D eigenvalue weighted by atomic mass is 15.0. The molecule has 4 heteroatoms. The van der Waals surface area contributed by atoms with E-state index in [1.54, 1.807) is 0 Å². The van der Waals surface area contributed by atoms with Crippen LogP contribution in [0.1, 0.15) is 54.9 Å². The van der Waals surface area contributed by atoms with Gasteiger partial charge in [-0.05, 0) is 34.6 Å². The van der Waals surface area contributed by atoms with Crippen molar-refractivity contribution in [3.05, 3.63) is 0 Å². The Bertz CT molecular complexity index is 312. The van der Waals surface area contributed by atoms with E-state index in [2.05, 4.69) is 55.2 Å². The fraction of sp³-hybridized carbons (Fsp3) is 0.875. The molecule has 0 radical (unpaired) electrons. The van der Waals surface area contributed by atoms with Crippen LogP contribution in [-0.4, -0.2) is 49.2 Å². The lowest BCUT2D eigenvalue weighted by Gasteiger charge is -2.26. The minimum absolute atomic E-state index is 0.0796. The summed E-state index contributed by atoms with van der Waals surface area (Å²) in [6.45, 7) is 18.5. The molecule has 0 aliphatic rings. The Morgan fingerprint density at radius 2 is 1.60 bits per heavy atom. The van der Waals surface area contributed by atoms with Gasteiger partial charge in [-0.2, -0.15) is 0 Å². The highest BCUT2D eigenvalue weighted by Crippen LogP contribution is 2.09. The van der Waals surface area contributed by atoms with Crippen LogP contribution < -0.4 is 10.6 Å². The predicted molar refractivity (Wildman–Crippen MR) is 91.5 cm³/mol. The lowest BCUT2D eigenvalue weighted by atomic mass is 9.98. The molecule has 20 heavy (non-hydrogen) atoms. The molecular formula is C16H34N4. The summed E-state index contributed by atoms with van der Waals surface area (Å²) in [5, 5.41) is 6.93. The highest BCUT2D eigenvalue weighted by Gasteiger charge is 2.17. The molecule has 0 bridgehead atoms. The van der Waals surface area contributed by atoms with Gasteiger partial charge in [0.1, 0.15) is 0 Å². The Hall–Kier alpha value is -0.740. The molecule has 0 saturated heterocycles. The first-order valence-corrected chi connectivity index (χ1v) is 7.69. The van der Waals surface area contributed by atoms with Crippen LogP contribution in [0.5, 0.6) is 0 Å². The molecule has 4 nitrogen and oxygen atoms in total. The Morgan fingerprint density at radius 1 is 1.00 bits per heavy atom. The zero-order valence-electron chi connectivity index (χ0n) is 14.5. The normalized spacial score (nSPS) is 12.9. The minimum atomic E-state index is 0.0796. The van der Waals surface area contributed by atoms with Crippen molar-refractivity contribution < 1.29 is 0 Å². The first-order valence-electron chi connectivity index (χ1n) is 7.69. The fourth-order valence-electron chi connectivity index (χ4n) is 2.03. The van der Waals surface area contributed by atoms with Gasteiger partial charge in [0.15, 0.2) is 0 Å². The van der Waals surface area contributed by atoms with Crippen molar-refractivity contribution in [1.29, 1.82) is 0 Å². The van der Waals surface area contributed by atoms with E-state index >= 15 is 0 Å². The van der Waals surface area contributed by atoms with E-state index in [1.165, 1.54) is 5.71 Å². The Kier molecular flexibility index (Phi) is 9.68. The Labute approximate surface area is 125 Å². The van der Waals surface area contributed by atoms with Crippen molar-refractivity contribution in [2.45, 2.75) is 66.5 Å². The maximum Gasteiger partial charge on any atom is 0.0513 e. The second-order valence-electron chi connectivity index (χ2n) is 6.54. The van der Waals surface area contributed by atoms with Gasteiger partial charge < -0.3 is 10.6 Å². The molecule has 0 fully saturated rings. The summed E-state index contributed by atoms with van der Waals surface area (Å²) < 4.78 is 0. The Morgan fingerprint density at radius 3 is 2.15 bits per heavy atom.